The fraction of sp³-hybridized carbons (Fsp3) is 0.632. The van der Waals surface area contributed by atoms with E-state index < -0.39 is 0 Å². The average molecular weight is 344 g/mol. The van der Waals surface area contributed by atoms with E-state index in [9.17, 15) is 9.59 Å². The molecule has 2 aliphatic heterocycles. The molecule has 6 heteroatoms. The van der Waals surface area contributed by atoms with Crippen molar-refractivity contribution in [2.24, 2.45) is 5.92 Å². The van der Waals surface area contributed by atoms with Gasteiger partial charge >= 0.3 is 0 Å². The van der Waals surface area contributed by atoms with E-state index in [0.717, 1.165) is 57.6 Å². The topological polar surface area (TPSA) is 65.5 Å². The normalized spacial score (nSPS) is 22.6. The molecular formula is C19H28N4O2. The van der Waals surface area contributed by atoms with Crippen LogP contribution in [0.2, 0.25) is 0 Å². The molecule has 3 rings (SSSR count). The molecule has 0 radical (unpaired) electrons. The second-order valence-electron chi connectivity index (χ2n) is 7.11. The van der Waals surface area contributed by atoms with E-state index >= 15 is 0 Å². The van der Waals surface area contributed by atoms with Crippen LogP contribution in [0.1, 0.15) is 38.3 Å². The average Bonchev–Trinajstić information content (AvgIpc) is 2.67. The number of hydrogen-bond acceptors (Lipinski definition) is 4. The highest BCUT2D eigenvalue weighted by molar-refractivity contribution is 5.78. The van der Waals surface area contributed by atoms with Crippen LogP contribution in [0.25, 0.3) is 0 Å². The first-order valence-electron chi connectivity index (χ1n) is 9.30. The van der Waals surface area contributed by atoms with Gasteiger partial charge in [0.15, 0.2) is 0 Å². The third kappa shape index (κ3) is 4.78. The number of pyridine rings is 1. The Labute approximate surface area is 149 Å². The molecule has 3 heterocycles. The number of hydrogen-bond donors (Lipinski definition) is 1. The zero-order valence-electron chi connectivity index (χ0n) is 15.0. The molecule has 0 aromatic carbocycles. The van der Waals surface area contributed by atoms with Gasteiger partial charge in [0, 0.05) is 38.8 Å². The van der Waals surface area contributed by atoms with Crippen molar-refractivity contribution >= 4 is 11.8 Å². The van der Waals surface area contributed by atoms with Crippen LogP contribution in [0.4, 0.5) is 0 Å². The van der Waals surface area contributed by atoms with Crippen LogP contribution in [-0.4, -0.2) is 58.8 Å². The van der Waals surface area contributed by atoms with Crippen LogP contribution in [0, 0.1) is 5.92 Å². The minimum Gasteiger partial charge on any atom is -0.350 e. The molecule has 2 amide bonds. The van der Waals surface area contributed by atoms with Crippen LogP contribution in [0.3, 0.4) is 0 Å². The van der Waals surface area contributed by atoms with Crippen molar-refractivity contribution in [3.63, 3.8) is 0 Å². The zero-order valence-corrected chi connectivity index (χ0v) is 15.0. The summed E-state index contributed by atoms with van der Waals surface area (Å²) in [5.41, 5.74) is 0.889. The fourth-order valence-electron chi connectivity index (χ4n) is 3.92. The van der Waals surface area contributed by atoms with Gasteiger partial charge in [0.25, 0.3) is 0 Å². The first kappa shape index (κ1) is 17.9. The van der Waals surface area contributed by atoms with Crippen LogP contribution >= 0.6 is 0 Å². The highest BCUT2D eigenvalue weighted by Gasteiger charge is 2.31. The van der Waals surface area contributed by atoms with Crippen LogP contribution < -0.4 is 5.32 Å². The van der Waals surface area contributed by atoms with Crippen molar-refractivity contribution in [3.8, 4) is 0 Å². The Balaban J connectivity index is 1.47. The summed E-state index contributed by atoms with van der Waals surface area (Å²) in [4.78, 5) is 32.6. The molecule has 0 aliphatic carbocycles. The maximum atomic E-state index is 12.5. The summed E-state index contributed by atoms with van der Waals surface area (Å²) < 4.78 is 0. The highest BCUT2D eigenvalue weighted by atomic mass is 16.2. The predicted molar refractivity (Wildman–Crippen MR) is 95.7 cm³/mol. The van der Waals surface area contributed by atoms with Gasteiger partial charge in [0.05, 0.1) is 18.2 Å². The lowest BCUT2D eigenvalue weighted by molar-refractivity contribution is -0.130. The van der Waals surface area contributed by atoms with Gasteiger partial charge in [-0.2, -0.15) is 0 Å². The Morgan fingerprint density at radius 2 is 2.00 bits per heavy atom. The van der Waals surface area contributed by atoms with Crippen molar-refractivity contribution < 1.29 is 9.59 Å². The minimum atomic E-state index is 0.0586. The van der Waals surface area contributed by atoms with Gasteiger partial charge < -0.3 is 10.2 Å². The molecule has 136 valence electrons. The number of aromatic nitrogens is 1. The van der Waals surface area contributed by atoms with Gasteiger partial charge in [-0.15, -0.1) is 0 Å². The van der Waals surface area contributed by atoms with E-state index in [4.69, 9.17) is 0 Å². The molecule has 1 aromatic heterocycles. The molecule has 1 unspecified atom stereocenters. The minimum absolute atomic E-state index is 0.0586. The Morgan fingerprint density at radius 1 is 1.20 bits per heavy atom. The van der Waals surface area contributed by atoms with Gasteiger partial charge in [-0.3, -0.25) is 19.5 Å². The van der Waals surface area contributed by atoms with Crippen molar-refractivity contribution in [1.29, 1.82) is 0 Å². The summed E-state index contributed by atoms with van der Waals surface area (Å²) in [6.07, 6.45) is 5.80. The molecular weight excluding hydrogens is 316 g/mol. The lowest BCUT2D eigenvalue weighted by atomic mass is 9.93. The molecule has 1 N–H and O–H groups in total. The number of piperidine rings is 2. The summed E-state index contributed by atoms with van der Waals surface area (Å²) in [5, 5.41) is 3.03. The quantitative estimate of drug-likeness (QED) is 0.897. The van der Waals surface area contributed by atoms with Crippen molar-refractivity contribution in [2.45, 2.75) is 45.2 Å². The number of carbonyl (C=O) groups is 2. The van der Waals surface area contributed by atoms with Crippen molar-refractivity contribution in [1.82, 2.24) is 20.1 Å². The van der Waals surface area contributed by atoms with E-state index in [1.54, 1.807) is 13.1 Å². The van der Waals surface area contributed by atoms with Gasteiger partial charge in [-0.25, -0.2) is 0 Å². The van der Waals surface area contributed by atoms with E-state index in [1.165, 1.54) is 0 Å². The molecule has 0 spiro atoms. The number of rotatable bonds is 4. The van der Waals surface area contributed by atoms with Crippen LogP contribution in [0.5, 0.6) is 0 Å². The Hall–Kier alpha value is -1.95. The number of nitrogens with one attached hydrogen (secondary N) is 1. The molecule has 0 saturated carbocycles. The Bertz CT molecular complexity index is 584. The van der Waals surface area contributed by atoms with Crippen LogP contribution in [0.15, 0.2) is 24.4 Å². The Morgan fingerprint density at radius 3 is 2.68 bits per heavy atom. The third-order valence-corrected chi connectivity index (χ3v) is 5.42. The summed E-state index contributed by atoms with van der Waals surface area (Å²) in [6, 6.07) is 6.24. The lowest BCUT2D eigenvalue weighted by Crippen LogP contribution is -2.51. The molecule has 25 heavy (non-hydrogen) atoms. The lowest BCUT2D eigenvalue weighted by Gasteiger charge is -2.41. The summed E-state index contributed by atoms with van der Waals surface area (Å²) in [6.45, 7) is 5.71. The number of likely N-dealkylation sites (tertiary alicyclic amines) is 2. The molecule has 6 nitrogen and oxygen atoms in total. The van der Waals surface area contributed by atoms with E-state index in [1.807, 2.05) is 23.1 Å². The van der Waals surface area contributed by atoms with Crippen LogP contribution in [-0.2, 0) is 16.1 Å². The van der Waals surface area contributed by atoms with E-state index in [0.29, 0.717) is 12.6 Å². The second kappa shape index (κ2) is 8.43. The summed E-state index contributed by atoms with van der Waals surface area (Å²) in [5.74, 6) is 0.365. The second-order valence-corrected chi connectivity index (χ2v) is 7.11. The smallest absolute Gasteiger partial charge is 0.224 e. The van der Waals surface area contributed by atoms with Gasteiger partial charge in [0.1, 0.15) is 0 Å². The molecule has 2 aliphatic rings. The Kier molecular flexibility index (Phi) is 6.02. The summed E-state index contributed by atoms with van der Waals surface area (Å²) >= 11 is 0. The number of carbonyl (C=O) groups excluding carboxylic acids is 2. The fourth-order valence-corrected chi connectivity index (χ4v) is 3.92. The molecule has 2 saturated heterocycles. The molecule has 0 bridgehead atoms. The van der Waals surface area contributed by atoms with Gasteiger partial charge in [0.2, 0.25) is 11.8 Å². The van der Waals surface area contributed by atoms with E-state index in [-0.39, 0.29) is 17.7 Å². The zero-order chi connectivity index (χ0) is 17.6. The largest absolute Gasteiger partial charge is 0.350 e. The molecule has 1 aromatic rings. The third-order valence-electron chi connectivity index (χ3n) is 5.42. The first-order valence-corrected chi connectivity index (χ1v) is 9.30. The molecule has 1 atom stereocenters. The van der Waals surface area contributed by atoms with E-state index in [2.05, 4.69) is 15.2 Å². The first-order chi connectivity index (χ1) is 12.1. The van der Waals surface area contributed by atoms with Gasteiger partial charge in [-0.1, -0.05) is 6.07 Å². The van der Waals surface area contributed by atoms with Gasteiger partial charge in [-0.05, 0) is 44.4 Å². The highest BCUT2D eigenvalue weighted by Crippen LogP contribution is 2.24. The van der Waals surface area contributed by atoms with Crippen molar-refractivity contribution in [2.75, 3.05) is 26.2 Å². The maximum absolute atomic E-state index is 12.5. The summed E-state index contributed by atoms with van der Waals surface area (Å²) in [7, 11) is 0. The monoisotopic (exact) mass is 344 g/mol. The number of nitrogens with zero attached hydrogens (tertiary/aromatic N) is 3. The SMILES string of the molecule is CC(=O)N1CCC(N2CCCC(C(=O)NCc3ccccn3)C2)CC1. The predicted octanol–water partition coefficient (Wildman–Crippen LogP) is 1.42. The number of amides is 2. The van der Waals surface area contributed by atoms with Crippen molar-refractivity contribution in [3.05, 3.63) is 30.1 Å². The molecule has 2 fully saturated rings. The standard InChI is InChI=1S/C19H28N4O2/c1-15(24)22-11-7-18(8-12-22)23-10-4-5-16(14-23)19(25)21-13-17-6-2-3-9-20-17/h2-3,6,9,16,18H,4-5,7-8,10-14H2,1H3,(H,21,25). The maximum Gasteiger partial charge on any atom is 0.224 e.